The number of hydrogen-bond acceptors (Lipinski definition) is 8. The summed E-state index contributed by atoms with van der Waals surface area (Å²) in [4.78, 5) is 48.1. The van der Waals surface area contributed by atoms with Crippen LogP contribution in [0.1, 0.15) is 51.9 Å². The molecule has 2 N–H and O–H groups in total. The fourth-order valence-corrected chi connectivity index (χ4v) is 4.41. The van der Waals surface area contributed by atoms with Crippen molar-refractivity contribution in [1.29, 1.82) is 0 Å². The van der Waals surface area contributed by atoms with E-state index in [1.165, 1.54) is 17.3 Å². The number of sulfonamides is 1. The average molecular weight is 514 g/mol. The molecule has 35 heavy (non-hydrogen) atoms. The third-order valence-corrected chi connectivity index (χ3v) is 6.53. The molecule has 0 unspecified atom stereocenters. The summed E-state index contributed by atoms with van der Waals surface area (Å²) in [7, 11) is -3.85. The van der Waals surface area contributed by atoms with E-state index in [1.54, 1.807) is 53.7 Å². The van der Waals surface area contributed by atoms with E-state index in [-0.39, 0.29) is 31.9 Å². The van der Waals surface area contributed by atoms with Gasteiger partial charge in [0.15, 0.2) is 0 Å². The number of piperazine rings is 1. The number of aromatic nitrogens is 1. The molecular formula is C22H35N5O7S. The molecule has 1 aliphatic rings. The monoisotopic (exact) mass is 513 g/mol. The van der Waals surface area contributed by atoms with Gasteiger partial charge in [-0.2, -0.15) is 4.31 Å². The highest BCUT2D eigenvalue weighted by molar-refractivity contribution is 7.89. The van der Waals surface area contributed by atoms with Crippen molar-refractivity contribution < 1.29 is 32.4 Å². The predicted octanol–water partition coefficient (Wildman–Crippen LogP) is 0.909. The fourth-order valence-electron chi connectivity index (χ4n) is 3.07. The second-order valence-corrected chi connectivity index (χ2v) is 12.1. The molecule has 1 aromatic heterocycles. The predicted molar refractivity (Wildman–Crippen MR) is 128 cm³/mol. The lowest BCUT2D eigenvalue weighted by molar-refractivity contribution is -0.152. The standard InChI is InChI=1S/C22H35N5O7S/c1-21(2,3)33-20(30)27-12-11-26(15-17(27)19(29)25-34-22(4,5)6)35(31,32)13-10-24-18(28)16-8-7-9-23-14-16/h7-9,14,17H,10-13,15H2,1-6H3,(H,24,28)(H,25,29)/t17-/m1/s1. The first-order valence-electron chi connectivity index (χ1n) is 11.2. The van der Waals surface area contributed by atoms with Gasteiger partial charge in [-0.25, -0.2) is 18.7 Å². The molecule has 1 aliphatic heterocycles. The number of amides is 3. The third kappa shape index (κ3) is 9.07. The number of rotatable bonds is 7. The van der Waals surface area contributed by atoms with Gasteiger partial charge in [0, 0.05) is 38.6 Å². The Hall–Kier alpha value is -2.77. The van der Waals surface area contributed by atoms with Gasteiger partial charge in [-0.15, -0.1) is 0 Å². The van der Waals surface area contributed by atoms with E-state index < -0.39 is 45.2 Å². The summed E-state index contributed by atoms with van der Waals surface area (Å²) in [5.74, 6) is -1.49. The van der Waals surface area contributed by atoms with Crippen LogP contribution >= 0.6 is 0 Å². The van der Waals surface area contributed by atoms with Crippen LogP contribution in [0.25, 0.3) is 0 Å². The highest BCUT2D eigenvalue weighted by Crippen LogP contribution is 2.19. The van der Waals surface area contributed by atoms with Gasteiger partial charge in [-0.05, 0) is 53.7 Å². The lowest BCUT2D eigenvalue weighted by Gasteiger charge is -2.40. The van der Waals surface area contributed by atoms with Gasteiger partial charge in [0.1, 0.15) is 11.6 Å². The van der Waals surface area contributed by atoms with Crippen LogP contribution in [0.5, 0.6) is 0 Å². The number of carbonyl (C=O) groups is 3. The summed E-state index contributed by atoms with van der Waals surface area (Å²) in [6, 6.07) is 2.00. The molecule has 1 fully saturated rings. The van der Waals surface area contributed by atoms with Gasteiger partial charge < -0.3 is 10.1 Å². The topological polar surface area (TPSA) is 147 Å². The molecule has 1 saturated heterocycles. The summed E-state index contributed by atoms with van der Waals surface area (Å²) in [5.41, 5.74) is 1.14. The van der Waals surface area contributed by atoms with Gasteiger partial charge in [-0.1, -0.05) is 0 Å². The van der Waals surface area contributed by atoms with Crippen LogP contribution in [-0.2, 0) is 24.4 Å². The molecule has 1 atom stereocenters. The third-order valence-electron chi connectivity index (χ3n) is 4.69. The Kier molecular flexibility index (Phi) is 9.20. The first-order chi connectivity index (χ1) is 16.1. The van der Waals surface area contributed by atoms with Gasteiger partial charge >= 0.3 is 6.09 Å². The zero-order chi connectivity index (χ0) is 26.4. The normalized spacial score (nSPS) is 17.5. The maximum atomic E-state index is 13.0. The minimum Gasteiger partial charge on any atom is -0.444 e. The Morgan fingerprint density at radius 1 is 1.11 bits per heavy atom. The van der Waals surface area contributed by atoms with Crippen molar-refractivity contribution >= 4 is 27.9 Å². The molecule has 0 aromatic carbocycles. The quantitative estimate of drug-likeness (QED) is 0.511. The Bertz CT molecular complexity index is 1000. The lowest BCUT2D eigenvalue weighted by Crippen LogP contribution is -2.62. The second kappa shape index (κ2) is 11.3. The second-order valence-electron chi connectivity index (χ2n) is 10.0. The summed E-state index contributed by atoms with van der Waals surface area (Å²) in [6.45, 7) is 9.80. The van der Waals surface area contributed by atoms with E-state index in [0.717, 1.165) is 4.31 Å². The fraction of sp³-hybridized carbons (Fsp3) is 0.636. The first-order valence-corrected chi connectivity index (χ1v) is 12.8. The number of hydrogen-bond donors (Lipinski definition) is 2. The molecular weight excluding hydrogens is 478 g/mol. The van der Waals surface area contributed by atoms with Crippen molar-refractivity contribution in [3.05, 3.63) is 30.1 Å². The molecule has 2 heterocycles. The molecule has 0 bridgehead atoms. The maximum Gasteiger partial charge on any atom is 0.411 e. The Morgan fingerprint density at radius 3 is 2.37 bits per heavy atom. The van der Waals surface area contributed by atoms with E-state index in [9.17, 15) is 22.8 Å². The van der Waals surface area contributed by atoms with Crippen LogP contribution in [0.2, 0.25) is 0 Å². The summed E-state index contributed by atoms with van der Waals surface area (Å²) in [5, 5.41) is 2.55. The zero-order valence-electron chi connectivity index (χ0n) is 21.0. The number of hydroxylamine groups is 1. The minimum atomic E-state index is -3.85. The molecule has 2 rings (SSSR count). The van der Waals surface area contributed by atoms with Gasteiger partial charge in [0.25, 0.3) is 11.8 Å². The highest BCUT2D eigenvalue weighted by Gasteiger charge is 2.41. The Morgan fingerprint density at radius 2 is 1.80 bits per heavy atom. The van der Waals surface area contributed by atoms with E-state index >= 15 is 0 Å². The number of nitrogens with zero attached hydrogens (tertiary/aromatic N) is 3. The van der Waals surface area contributed by atoms with E-state index in [2.05, 4.69) is 15.8 Å². The molecule has 3 amide bonds. The number of pyridine rings is 1. The number of ether oxygens (including phenoxy) is 1. The van der Waals surface area contributed by atoms with Crippen LogP contribution in [0.15, 0.2) is 24.5 Å². The Labute approximate surface area is 206 Å². The molecule has 1 aromatic rings. The molecule has 0 spiro atoms. The zero-order valence-corrected chi connectivity index (χ0v) is 21.8. The van der Waals surface area contributed by atoms with Gasteiger partial charge in [-0.3, -0.25) is 24.3 Å². The van der Waals surface area contributed by atoms with E-state index in [4.69, 9.17) is 9.57 Å². The number of nitrogens with one attached hydrogen (secondary N) is 2. The first kappa shape index (κ1) is 28.5. The van der Waals surface area contributed by atoms with Crippen molar-refractivity contribution in [2.45, 2.75) is 58.8 Å². The van der Waals surface area contributed by atoms with Crippen LogP contribution in [-0.4, -0.2) is 89.7 Å². The van der Waals surface area contributed by atoms with E-state index in [1.807, 2.05) is 0 Å². The van der Waals surface area contributed by atoms with Crippen LogP contribution in [0.3, 0.4) is 0 Å². The maximum absolute atomic E-state index is 13.0. The number of carbonyl (C=O) groups excluding carboxylic acids is 3. The lowest BCUT2D eigenvalue weighted by atomic mass is 10.2. The largest absolute Gasteiger partial charge is 0.444 e. The van der Waals surface area contributed by atoms with Gasteiger partial charge in [0.05, 0.1) is 16.9 Å². The van der Waals surface area contributed by atoms with Crippen LogP contribution < -0.4 is 10.8 Å². The molecule has 0 radical (unpaired) electrons. The molecule has 0 aliphatic carbocycles. The van der Waals surface area contributed by atoms with Crippen molar-refractivity contribution in [3.8, 4) is 0 Å². The minimum absolute atomic E-state index is 0.0258. The molecule has 0 saturated carbocycles. The Balaban J connectivity index is 2.09. The molecule has 13 heteroatoms. The van der Waals surface area contributed by atoms with Crippen LogP contribution in [0, 0.1) is 0 Å². The van der Waals surface area contributed by atoms with Crippen molar-refractivity contribution in [2.75, 3.05) is 31.9 Å². The van der Waals surface area contributed by atoms with Crippen LogP contribution in [0.4, 0.5) is 4.79 Å². The highest BCUT2D eigenvalue weighted by atomic mass is 32.2. The molecule has 12 nitrogen and oxygen atoms in total. The van der Waals surface area contributed by atoms with E-state index in [0.29, 0.717) is 5.56 Å². The van der Waals surface area contributed by atoms with Crippen molar-refractivity contribution in [3.63, 3.8) is 0 Å². The average Bonchev–Trinajstić information content (AvgIpc) is 2.75. The van der Waals surface area contributed by atoms with Crippen molar-refractivity contribution in [1.82, 2.24) is 25.0 Å². The summed E-state index contributed by atoms with van der Waals surface area (Å²) in [6.07, 6.45) is 2.18. The smallest absolute Gasteiger partial charge is 0.411 e. The van der Waals surface area contributed by atoms with Crippen molar-refractivity contribution in [2.24, 2.45) is 0 Å². The SMILES string of the molecule is CC(C)(C)ONC(=O)[C@H]1CN(S(=O)(=O)CCNC(=O)c2cccnc2)CCN1C(=O)OC(C)(C)C. The molecule has 196 valence electrons. The van der Waals surface area contributed by atoms with Gasteiger partial charge in [0.2, 0.25) is 10.0 Å². The summed E-state index contributed by atoms with van der Waals surface area (Å²) < 4.78 is 32.5. The summed E-state index contributed by atoms with van der Waals surface area (Å²) >= 11 is 0.